The van der Waals surface area contributed by atoms with Gasteiger partial charge >= 0.3 is 18.3 Å². The molecule has 2 aromatic heterocycles. The summed E-state index contributed by atoms with van der Waals surface area (Å²) in [5.41, 5.74) is -1.20. The third kappa shape index (κ3) is 7.81. The fourth-order valence-corrected chi connectivity index (χ4v) is 4.37. The molecule has 1 saturated heterocycles. The third-order valence-corrected chi connectivity index (χ3v) is 6.02. The summed E-state index contributed by atoms with van der Waals surface area (Å²) in [6.45, 7) is 17.8. The summed E-state index contributed by atoms with van der Waals surface area (Å²) in [4.78, 5) is 52.5. The van der Waals surface area contributed by atoms with E-state index in [9.17, 15) is 14.4 Å². The SMILES string of the molecule is CC(C)(C)OC(=O)N(C(=O)OC(C)(C)C)c1ncc(N2CCOCC2)nc1-c1cccc2c1ccn2C(=O)OC(C)(C)C. The van der Waals surface area contributed by atoms with Crippen molar-refractivity contribution >= 4 is 40.8 Å². The van der Waals surface area contributed by atoms with Crippen LogP contribution >= 0.6 is 0 Å². The van der Waals surface area contributed by atoms with E-state index < -0.39 is 35.1 Å². The van der Waals surface area contributed by atoms with E-state index in [0.717, 1.165) is 4.90 Å². The van der Waals surface area contributed by atoms with Gasteiger partial charge in [0.1, 0.15) is 28.3 Å². The molecule has 1 fully saturated rings. The second kappa shape index (κ2) is 11.8. The second-order valence-electron chi connectivity index (χ2n) is 13.2. The zero-order chi connectivity index (χ0) is 31.7. The molecule has 1 aliphatic heterocycles. The van der Waals surface area contributed by atoms with Crippen LogP contribution in [0.4, 0.5) is 26.0 Å². The molecule has 0 aliphatic carbocycles. The molecule has 232 valence electrons. The van der Waals surface area contributed by atoms with Gasteiger partial charge in [0.05, 0.1) is 24.9 Å². The maximum Gasteiger partial charge on any atom is 0.425 e. The van der Waals surface area contributed by atoms with Crippen molar-refractivity contribution in [2.45, 2.75) is 79.1 Å². The van der Waals surface area contributed by atoms with Crippen LogP contribution in [0, 0.1) is 0 Å². The standard InChI is InChI=1S/C31H41N5O7/c1-29(2,3)41-26(37)35-14-13-20-21(11-10-12-22(20)35)24-25(32-19-23(33-24)34-15-17-40-18-16-34)36(27(38)42-30(4,5)6)28(39)43-31(7,8)9/h10-14,19H,15-18H2,1-9H3. The Bertz CT molecular complexity index is 1480. The highest BCUT2D eigenvalue weighted by molar-refractivity contribution is 6.12. The van der Waals surface area contributed by atoms with Crippen molar-refractivity contribution in [1.82, 2.24) is 14.5 Å². The van der Waals surface area contributed by atoms with E-state index in [1.165, 1.54) is 10.8 Å². The molecular formula is C31H41N5O7. The fourth-order valence-electron chi connectivity index (χ4n) is 4.37. The molecule has 0 bridgehead atoms. The van der Waals surface area contributed by atoms with E-state index in [1.54, 1.807) is 92.8 Å². The summed E-state index contributed by atoms with van der Waals surface area (Å²) in [6.07, 6.45) is 0.653. The van der Waals surface area contributed by atoms with Gasteiger partial charge < -0.3 is 23.8 Å². The van der Waals surface area contributed by atoms with Crippen LogP contribution in [0.2, 0.25) is 0 Å². The van der Waals surface area contributed by atoms with Gasteiger partial charge in [-0.3, -0.25) is 4.57 Å². The Balaban J connectivity index is 1.93. The van der Waals surface area contributed by atoms with E-state index in [2.05, 4.69) is 4.98 Å². The third-order valence-electron chi connectivity index (χ3n) is 6.02. The molecule has 0 radical (unpaired) electrons. The molecule has 1 aromatic carbocycles. The van der Waals surface area contributed by atoms with E-state index in [1.807, 2.05) is 4.90 Å². The van der Waals surface area contributed by atoms with Crippen molar-refractivity contribution in [2.75, 3.05) is 36.1 Å². The zero-order valence-corrected chi connectivity index (χ0v) is 26.4. The van der Waals surface area contributed by atoms with Crippen LogP contribution in [0.3, 0.4) is 0 Å². The number of imide groups is 1. The van der Waals surface area contributed by atoms with Crippen molar-refractivity contribution in [3.05, 3.63) is 36.7 Å². The molecule has 0 spiro atoms. The number of carbonyl (C=O) groups is 3. The van der Waals surface area contributed by atoms with Crippen molar-refractivity contribution < 1.29 is 33.3 Å². The number of hydrogen-bond donors (Lipinski definition) is 0. The number of aromatic nitrogens is 3. The van der Waals surface area contributed by atoms with E-state index in [0.29, 0.717) is 48.6 Å². The Morgan fingerprint density at radius 1 is 0.837 bits per heavy atom. The molecule has 2 amide bonds. The van der Waals surface area contributed by atoms with Gasteiger partial charge in [0.2, 0.25) is 0 Å². The smallest absolute Gasteiger partial charge is 0.425 e. The van der Waals surface area contributed by atoms with Crippen LogP contribution in [0.25, 0.3) is 22.2 Å². The van der Waals surface area contributed by atoms with Gasteiger partial charge in [-0.05, 0) is 74.4 Å². The first-order chi connectivity index (χ1) is 19.9. The highest BCUT2D eigenvalue weighted by Crippen LogP contribution is 2.36. The van der Waals surface area contributed by atoms with E-state index in [4.69, 9.17) is 23.9 Å². The number of nitrogens with zero attached hydrogens (tertiary/aromatic N) is 5. The molecule has 4 rings (SSSR count). The minimum atomic E-state index is -0.963. The number of fused-ring (bicyclic) bond motifs is 1. The van der Waals surface area contributed by atoms with Gasteiger partial charge in [-0.2, -0.15) is 4.90 Å². The summed E-state index contributed by atoms with van der Waals surface area (Å²) in [6, 6.07) is 7.09. The van der Waals surface area contributed by atoms with Crippen molar-refractivity contribution in [3.8, 4) is 11.3 Å². The van der Waals surface area contributed by atoms with E-state index in [-0.39, 0.29) is 11.5 Å². The van der Waals surface area contributed by atoms with Crippen molar-refractivity contribution in [2.24, 2.45) is 0 Å². The first-order valence-electron chi connectivity index (χ1n) is 14.2. The maximum atomic E-state index is 13.6. The Morgan fingerprint density at radius 2 is 1.42 bits per heavy atom. The Labute approximate surface area is 251 Å². The minimum Gasteiger partial charge on any atom is -0.443 e. The topological polar surface area (TPSA) is 125 Å². The number of hydrogen-bond acceptors (Lipinski definition) is 10. The zero-order valence-electron chi connectivity index (χ0n) is 26.4. The summed E-state index contributed by atoms with van der Waals surface area (Å²) in [7, 11) is 0. The van der Waals surface area contributed by atoms with Gasteiger partial charge in [-0.15, -0.1) is 0 Å². The Morgan fingerprint density at radius 3 is 1.98 bits per heavy atom. The normalized spacial score (nSPS) is 14.4. The average Bonchev–Trinajstić information content (AvgIpc) is 3.31. The van der Waals surface area contributed by atoms with Crippen LogP contribution in [0.1, 0.15) is 62.3 Å². The Kier molecular flexibility index (Phi) is 8.73. The first kappa shape index (κ1) is 31.7. The minimum absolute atomic E-state index is 0.0713. The van der Waals surface area contributed by atoms with E-state index >= 15 is 0 Å². The molecule has 0 N–H and O–H groups in total. The lowest BCUT2D eigenvalue weighted by molar-refractivity contribution is 0.0427. The predicted octanol–water partition coefficient (Wildman–Crippen LogP) is 6.39. The van der Waals surface area contributed by atoms with Crippen LogP contribution in [-0.2, 0) is 18.9 Å². The van der Waals surface area contributed by atoms with Crippen LogP contribution in [-0.4, -0.2) is 75.9 Å². The molecule has 0 saturated carbocycles. The lowest BCUT2D eigenvalue weighted by Crippen LogP contribution is -2.44. The number of ether oxygens (including phenoxy) is 4. The monoisotopic (exact) mass is 595 g/mol. The highest BCUT2D eigenvalue weighted by atomic mass is 16.6. The number of amides is 2. The largest absolute Gasteiger partial charge is 0.443 e. The number of anilines is 2. The molecule has 12 heteroatoms. The number of rotatable bonds is 3. The second-order valence-corrected chi connectivity index (χ2v) is 13.2. The van der Waals surface area contributed by atoms with Crippen LogP contribution < -0.4 is 9.80 Å². The molecule has 0 atom stereocenters. The van der Waals surface area contributed by atoms with Crippen LogP contribution in [0.15, 0.2) is 36.7 Å². The fraction of sp³-hybridized carbons (Fsp3) is 0.516. The van der Waals surface area contributed by atoms with Gasteiger partial charge in [-0.25, -0.2) is 24.4 Å². The number of morpholine rings is 1. The van der Waals surface area contributed by atoms with Crippen molar-refractivity contribution in [1.29, 1.82) is 0 Å². The van der Waals surface area contributed by atoms with Crippen molar-refractivity contribution in [3.63, 3.8) is 0 Å². The number of benzene rings is 1. The molecule has 0 unspecified atom stereocenters. The lowest BCUT2D eigenvalue weighted by atomic mass is 10.1. The highest BCUT2D eigenvalue weighted by Gasteiger charge is 2.36. The summed E-state index contributed by atoms with van der Waals surface area (Å²) in [5.74, 6) is 0.469. The molecule has 3 heterocycles. The molecule has 3 aromatic rings. The van der Waals surface area contributed by atoms with Gasteiger partial charge in [-0.1, -0.05) is 12.1 Å². The van der Waals surface area contributed by atoms with Crippen LogP contribution in [0.5, 0.6) is 0 Å². The molecule has 12 nitrogen and oxygen atoms in total. The lowest BCUT2D eigenvalue weighted by Gasteiger charge is -2.30. The maximum absolute atomic E-state index is 13.6. The summed E-state index contributed by atoms with van der Waals surface area (Å²) < 4.78 is 23.8. The molecule has 43 heavy (non-hydrogen) atoms. The predicted molar refractivity (Wildman–Crippen MR) is 163 cm³/mol. The molecular weight excluding hydrogens is 554 g/mol. The quantitative estimate of drug-likeness (QED) is 0.314. The summed E-state index contributed by atoms with van der Waals surface area (Å²) >= 11 is 0. The summed E-state index contributed by atoms with van der Waals surface area (Å²) in [5, 5.41) is 0.636. The van der Waals surface area contributed by atoms with Gasteiger partial charge in [0.25, 0.3) is 0 Å². The number of carbonyl (C=O) groups excluding carboxylic acids is 3. The average molecular weight is 596 g/mol. The first-order valence-corrected chi connectivity index (χ1v) is 14.2. The van der Waals surface area contributed by atoms with Gasteiger partial charge in [0, 0.05) is 30.2 Å². The van der Waals surface area contributed by atoms with Gasteiger partial charge in [0.15, 0.2) is 5.82 Å². The molecule has 1 aliphatic rings. The Hall–Kier alpha value is -4.19.